The summed E-state index contributed by atoms with van der Waals surface area (Å²) < 4.78 is 1.69. The van der Waals surface area contributed by atoms with Crippen molar-refractivity contribution in [3.63, 3.8) is 0 Å². The third-order valence-corrected chi connectivity index (χ3v) is 5.13. The summed E-state index contributed by atoms with van der Waals surface area (Å²) in [7, 11) is 0. The van der Waals surface area contributed by atoms with Crippen LogP contribution in [0.15, 0.2) is 51.4 Å². The van der Waals surface area contributed by atoms with E-state index in [0.29, 0.717) is 17.9 Å². The van der Waals surface area contributed by atoms with Gasteiger partial charge in [-0.05, 0) is 44.7 Å². The Hall–Kier alpha value is -3.00. The van der Waals surface area contributed by atoms with Crippen molar-refractivity contribution in [2.75, 3.05) is 11.9 Å². The molecule has 2 aromatic heterocycles. The van der Waals surface area contributed by atoms with Crippen molar-refractivity contribution >= 4 is 29.1 Å². The second kappa shape index (κ2) is 6.62. The average Bonchev–Trinajstić information content (AvgIpc) is 3.18. The number of anilines is 1. The molecule has 8 heteroatoms. The number of nitrogens with two attached hydrogens (primary N) is 2. The zero-order valence-electron chi connectivity index (χ0n) is 15.6. The van der Waals surface area contributed by atoms with Crippen LogP contribution in [0.2, 0.25) is 0 Å². The van der Waals surface area contributed by atoms with Crippen LogP contribution in [0.1, 0.15) is 33.1 Å². The molecule has 0 atom stereocenters. The third kappa shape index (κ3) is 3.23. The van der Waals surface area contributed by atoms with Gasteiger partial charge in [0.05, 0.1) is 18.4 Å². The lowest BCUT2D eigenvalue weighted by molar-refractivity contribution is 0.288. The van der Waals surface area contributed by atoms with E-state index in [0.717, 1.165) is 41.9 Å². The molecule has 1 fully saturated rings. The standard InChI is InChI=1S/C19H24N8/c1-12-9-22-13(2)17(12)14(8-20)10-23-15-11-24-27-7-4-16(25-18(15)27)26-19(21)5-3-6-19/h4,7-8,10-11H,3,5-6,9,20-21H2,1-2H3,(H,25,26). The van der Waals surface area contributed by atoms with Crippen LogP contribution in [-0.4, -0.2) is 38.7 Å². The summed E-state index contributed by atoms with van der Waals surface area (Å²) in [5.41, 5.74) is 17.2. The first-order valence-corrected chi connectivity index (χ1v) is 9.08. The molecule has 8 nitrogen and oxygen atoms in total. The molecule has 0 saturated heterocycles. The predicted molar refractivity (Wildman–Crippen MR) is 108 cm³/mol. The van der Waals surface area contributed by atoms with E-state index in [-0.39, 0.29) is 5.66 Å². The van der Waals surface area contributed by atoms with E-state index in [1.54, 1.807) is 23.1 Å². The van der Waals surface area contributed by atoms with E-state index in [1.165, 1.54) is 5.57 Å². The van der Waals surface area contributed by atoms with Crippen molar-refractivity contribution in [1.82, 2.24) is 14.6 Å². The molecule has 3 heterocycles. The number of nitrogens with one attached hydrogen (secondary N) is 1. The number of aliphatic imine (C=N–C) groups is 2. The van der Waals surface area contributed by atoms with Crippen LogP contribution in [0, 0.1) is 0 Å². The molecule has 5 N–H and O–H groups in total. The molecule has 0 spiro atoms. The van der Waals surface area contributed by atoms with Gasteiger partial charge in [0.2, 0.25) is 0 Å². The summed E-state index contributed by atoms with van der Waals surface area (Å²) in [6.07, 6.45) is 9.89. The van der Waals surface area contributed by atoms with Crippen LogP contribution in [0.5, 0.6) is 0 Å². The van der Waals surface area contributed by atoms with E-state index in [2.05, 4.69) is 32.3 Å². The number of allylic oxidation sites excluding steroid dienone is 2. The van der Waals surface area contributed by atoms with Gasteiger partial charge >= 0.3 is 0 Å². The zero-order chi connectivity index (χ0) is 19.0. The Kier molecular flexibility index (Phi) is 4.27. The minimum atomic E-state index is -0.354. The summed E-state index contributed by atoms with van der Waals surface area (Å²) in [5, 5.41) is 7.63. The molecule has 1 saturated carbocycles. The molecular formula is C19H24N8. The molecular weight excluding hydrogens is 340 g/mol. The smallest absolute Gasteiger partial charge is 0.183 e. The Morgan fingerprint density at radius 1 is 1.37 bits per heavy atom. The van der Waals surface area contributed by atoms with E-state index < -0.39 is 0 Å². The fraction of sp³-hybridized carbons (Fsp3) is 0.368. The fourth-order valence-corrected chi connectivity index (χ4v) is 3.44. The number of hydrogen-bond acceptors (Lipinski definition) is 7. The first-order chi connectivity index (χ1) is 13.0. The maximum atomic E-state index is 6.26. The first-order valence-electron chi connectivity index (χ1n) is 9.08. The van der Waals surface area contributed by atoms with Gasteiger partial charge in [0.15, 0.2) is 5.65 Å². The zero-order valence-corrected chi connectivity index (χ0v) is 15.6. The van der Waals surface area contributed by atoms with Crippen LogP contribution in [0.25, 0.3) is 5.65 Å². The Labute approximate surface area is 157 Å². The molecule has 0 unspecified atom stereocenters. The molecule has 1 aliphatic carbocycles. The number of fused-ring (bicyclic) bond motifs is 1. The van der Waals surface area contributed by atoms with Gasteiger partial charge in [-0.25, -0.2) is 9.50 Å². The highest BCUT2D eigenvalue weighted by molar-refractivity contribution is 6.11. The summed E-state index contributed by atoms with van der Waals surface area (Å²) in [6, 6.07) is 1.87. The topological polar surface area (TPSA) is 119 Å². The minimum Gasteiger partial charge on any atom is -0.404 e. The number of nitrogens with zero attached hydrogens (tertiary/aromatic N) is 5. The van der Waals surface area contributed by atoms with Crippen LogP contribution < -0.4 is 16.8 Å². The summed E-state index contributed by atoms with van der Waals surface area (Å²) in [4.78, 5) is 13.7. The predicted octanol–water partition coefficient (Wildman–Crippen LogP) is 2.32. The van der Waals surface area contributed by atoms with E-state index in [9.17, 15) is 0 Å². The Balaban J connectivity index is 1.62. The first kappa shape index (κ1) is 17.4. The third-order valence-electron chi connectivity index (χ3n) is 5.13. The highest BCUT2D eigenvalue weighted by Crippen LogP contribution is 2.30. The molecule has 0 radical (unpaired) electrons. The molecule has 0 amide bonds. The van der Waals surface area contributed by atoms with Crippen LogP contribution in [0.3, 0.4) is 0 Å². The monoisotopic (exact) mass is 364 g/mol. The molecule has 140 valence electrons. The normalized spacial score (nSPS) is 19.7. The Bertz CT molecular complexity index is 1000. The molecule has 2 aliphatic rings. The van der Waals surface area contributed by atoms with Crippen LogP contribution in [-0.2, 0) is 0 Å². The average molecular weight is 364 g/mol. The van der Waals surface area contributed by atoms with Gasteiger partial charge in [-0.3, -0.25) is 9.98 Å². The number of hydrogen-bond donors (Lipinski definition) is 3. The molecule has 27 heavy (non-hydrogen) atoms. The minimum absolute atomic E-state index is 0.354. The largest absolute Gasteiger partial charge is 0.404 e. The molecule has 4 rings (SSSR count). The SMILES string of the molecule is CC1=NCC(C)=C1C(C=Nc1cnn2ccc(NC3(N)CCC3)nc12)=CN. The highest BCUT2D eigenvalue weighted by Gasteiger charge is 2.32. The fourth-order valence-electron chi connectivity index (χ4n) is 3.44. The van der Waals surface area contributed by atoms with Gasteiger partial charge in [0.25, 0.3) is 0 Å². The quantitative estimate of drug-likeness (QED) is 0.556. The van der Waals surface area contributed by atoms with Gasteiger partial charge < -0.3 is 16.8 Å². The number of aromatic nitrogens is 3. The van der Waals surface area contributed by atoms with Gasteiger partial charge in [-0.1, -0.05) is 0 Å². The van der Waals surface area contributed by atoms with Gasteiger partial charge in [-0.15, -0.1) is 0 Å². The van der Waals surface area contributed by atoms with Crippen molar-refractivity contribution in [2.45, 2.75) is 38.8 Å². The van der Waals surface area contributed by atoms with Crippen molar-refractivity contribution < 1.29 is 0 Å². The lowest BCUT2D eigenvalue weighted by atomic mass is 9.86. The summed E-state index contributed by atoms with van der Waals surface area (Å²) in [5.74, 6) is 0.730. The second-order valence-corrected chi connectivity index (χ2v) is 7.18. The Morgan fingerprint density at radius 2 is 2.19 bits per heavy atom. The van der Waals surface area contributed by atoms with Crippen LogP contribution >= 0.6 is 0 Å². The molecule has 2 aromatic rings. The molecule has 0 aromatic carbocycles. The van der Waals surface area contributed by atoms with E-state index in [1.807, 2.05) is 19.2 Å². The van der Waals surface area contributed by atoms with Gasteiger partial charge in [-0.2, -0.15) is 5.10 Å². The molecule has 1 aliphatic heterocycles. The van der Waals surface area contributed by atoms with Crippen molar-refractivity contribution in [2.24, 2.45) is 21.5 Å². The lowest BCUT2D eigenvalue weighted by Crippen LogP contribution is -2.53. The van der Waals surface area contributed by atoms with Gasteiger partial charge in [0.1, 0.15) is 11.5 Å². The lowest BCUT2D eigenvalue weighted by Gasteiger charge is -2.39. The van der Waals surface area contributed by atoms with E-state index in [4.69, 9.17) is 11.5 Å². The van der Waals surface area contributed by atoms with E-state index >= 15 is 0 Å². The Morgan fingerprint density at radius 3 is 2.81 bits per heavy atom. The van der Waals surface area contributed by atoms with Crippen molar-refractivity contribution in [3.05, 3.63) is 41.4 Å². The van der Waals surface area contributed by atoms with Crippen molar-refractivity contribution in [3.8, 4) is 0 Å². The maximum Gasteiger partial charge on any atom is 0.183 e. The van der Waals surface area contributed by atoms with Crippen molar-refractivity contribution in [1.29, 1.82) is 0 Å². The number of rotatable bonds is 5. The highest BCUT2D eigenvalue weighted by atomic mass is 15.3. The van der Waals surface area contributed by atoms with Crippen LogP contribution in [0.4, 0.5) is 11.5 Å². The van der Waals surface area contributed by atoms with Gasteiger partial charge in [0, 0.05) is 35.5 Å². The summed E-state index contributed by atoms with van der Waals surface area (Å²) >= 11 is 0. The molecule has 0 bridgehead atoms. The second-order valence-electron chi connectivity index (χ2n) is 7.18. The summed E-state index contributed by atoms with van der Waals surface area (Å²) in [6.45, 7) is 4.76. The maximum absolute atomic E-state index is 6.26.